The van der Waals surface area contributed by atoms with Crippen LogP contribution in [-0.2, 0) is 16.0 Å². The van der Waals surface area contributed by atoms with Gasteiger partial charge in [0, 0.05) is 6.08 Å². The molecule has 0 spiro atoms. The van der Waals surface area contributed by atoms with E-state index in [1.54, 1.807) is 0 Å². The number of amides is 1. The normalized spacial score (nSPS) is 9.26. The minimum absolute atomic E-state index is 0.290. The average molecular weight is 257 g/mol. The monoisotopic (exact) mass is 257 g/mol. The van der Waals surface area contributed by atoms with E-state index in [4.69, 9.17) is 10.8 Å². The highest BCUT2D eigenvalue weighted by molar-refractivity contribution is 5.89. The van der Waals surface area contributed by atoms with Gasteiger partial charge in [-0.05, 0) is 16.3 Å². The zero-order valence-corrected chi connectivity index (χ0v) is 10.4. The topological polar surface area (TPSA) is 80.4 Å². The summed E-state index contributed by atoms with van der Waals surface area (Å²) in [5, 5.41) is 9.85. The van der Waals surface area contributed by atoms with Gasteiger partial charge in [0.2, 0.25) is 5.91 Å². The minimum atomic E-state index is -0.981. The van der Waals surface area contributed by atoms with Crippen molar-refractivity contribution in [1.82, 2.24) is 0 Å². The molecule has 0 fully saturated rings. The summed E-state index contributed by atoms with van der Waals surface area (Å²) in [5.41, 5.74) is 6.17. The number of fused-ring (bicyclic) bond motifs is 1. The molecule has 0 saturated carbocycles. The van der Waals surface area contributed by atoms with Crippen molar-refractivity contribution in [3.63, 3.8) is 0 Å². The standard InChI is InChI=1S/C12H11NO.C3H4O2/c13-12(14)8-10-6-3-5-9-4-1-2-7-11(9)10;1-2-3(4)5/h1-7H,8H2,(H2,13,14);2H,1H2,(H,4,5). The maximum Gasteiger partial charge on any atom is 0.327 e. The molecule has 0 aliphatic heterocycles. The number of hydrogen-bond acceptors (Lipinski definition) is 2. The van der Waals surface area contributed by atoms with Gasteiger partial charge in [-0.3, -0.25) is 4.79 Å². The molecule has 0 bridgehead atoms. The van der Waals surface area contributed by atoms with Crippen molar-refractivity contribution in [2.24, 2.45) is 5.73 Å². The van der Waals surface area contributed by atoms with Crippen LogP contribution >= 0.6 is 0 Å². The van der Waals surface area contributed by atoms with E-state index in [9.17, 15) is 9.59 Å². The molecule has 19 heavy (non-hydrogen) atoms. The lowest BCUT2D eigenvalue weighted by atomic mass is 10.0. The predicted octanol–water partition coefficient (Wildman–Crippen LogP) is 2.12. The second-order valence-corrected chi connectivity index (χ2v) is 3.82. The summed E-state index contributed by atoms with van der Waals surface area (Å²) in [5.74, 6) is -1.27. The molecule has 0 atom stereocenters. The number of carboxylic acid groups (broad SMARTS) is 1. The van der Waals surface area contributed by atoms with E-state index in [-0.39, 0.29) is 5.91 Å². The van der Waals surface area contributed by atoms with Gasteiger partial charge in [0.25, 0.3) is 0 Å². The molecular formula is C15H15NO3. The largest absolute Gasteiger partial charge is 0.478 e. The quantitative estimate of drug-likeness (QED) is 0.826. The van der Waals surface area contributed by atoms with Crippen LogP contribution in [0.15, 0.2) is 55.1 Å². The fraction of sp³-hybridized carbons (Fsp3) is 0.0667. The van der Waals surface area contributed by atoms with Gasteiger partial charge in [-0.1, -0.05) is 49.0 Å². The van der Waals surface area contributed by atoms with Crippen LogP contribution in [0.25, 0.3) is 10.8 Å². The first kappa shape index (κ1) is 14.4. The van der Waals surface area contributed by atoms with E-state index < -0.39 is 5.97 Å². The molecule has 1 amide bonds. The van der Waals surface area contributed by atoms with Gasteiger partial charge < -0.3 is 10.8 Å². The first-order valence-corrected chi connectivity index (χ1v) is 5.65. The fourth-order valence-corrected chi connectivity index (χ4v) is 1.63. The first-order valence-electron chi connectivity index (χ1n) is 5.65. The van der Waals surface area contributed by atoms with Crippen LogP contribution in [0.5, 0.6) is 0 Å². The number of primary amides is 1. The second kappa shape index (κ2) is 6.96. The molecular weight excluding hydrogens is 242 g/mol. The molecule has 0 saturated heterocycles. The highest BCUT2D eigenvalue weighted by Crippen LogP contribution is 2.18. The Labute approximate surface area is 111 Å². The molecule has 2 rings (SSSR count). The van der Waals surface area contributed by atoms with Crippen molar-refractivity contribution in [2.45, 2.75) is 6.42 Å². The maximum atomic E-state index is 10.8. The molecule has 4 nitrogen and oxygen atoms in total. The Balaban J connectivity index is 0.000000312. The summed E-state index contributed by atoms with van der Waals surface area (Å²) >= 11 is 0. The molecule has 0 radical (unpaired) electrons. The second-order valence-electron chi connectivity index (χ2n) is 3.82. The van der Waals surface area contributed by atoms with Crippen LogP contribution in [0, 0.1) is 0 Å². The summed E-state index contributed by atoms with van der Waals surface area (Å²) in [6.45, 7) is 2.96. The number of carbonyl (C=O) groups excluding carboxylic acids is 1. The van der Waals surface area contributed by atoms with Gasteiger partial charge in [-0.25, -0.2) is 4.79 Å². The summed E-state index contributed by atoms with van der Waals surface area (Å²) in [6.07, 6.45) is 1.14. The average Bonchev–Trinajstić information content (AvgIpc) is 2.39. The lowest BCUT2D eigenvalue weighted by Gasteiger charge is -2.03. The third-order valence-corrected chi connectivity index (χ3v) is 2.42. The van der Waals surface area contributed by atoms with Crippen LogP contribution in [0.3, 0.4) is 0 Å². The highest BCUT2D eigenvalue weighted by Gasteiger charge is 2.02. The van der Waals surface area contributed by atoms with Crippen molar-refractivity contribution in [2.75, 3.05) is 0 Å². The van der Waals surface area contributed by atoms with Gasteiger partial charge in [0.05, 0.1) is 6.42 Å². The zero-order valence-electron chi connectivity index (χ0n) is 10.4. The third-order valence-electron chi connectivity index (χ3n) is 2.42. The lowest BCUT2D eigenvalue weighted by molar-refractivity contribution is -0.131. The van der Waals surface area contributed by atoms with Crippen LogP contribution < -0.4 is 5.73 Å². The zero-order chi connectivity index (χ0) is 14.3. The van der Waals surface area contributed by atoms with Crippen molar-refractivity contribution < 1.29 is 14.7 Å². The number of nitrogens with two attached hydrogens (primary N) is 1. The molecule has 2 aromatic rings. The number of rotatable bonds is 3. The van der Waals surface area contributed by atoms with Gasteiger partial charge in [-0.2, -0.15) is 0 Å². The number of aliphatic carboxylic acids is 1. The Morgan fingerprint density at radius 3 is 2.32 bits per heavy atom. The Morgan fingerprint density at radius 2 is 1.74 bits per heavy atom. The smallest absolute Gasteiger partial charge is 0.327 e. The van der Waals surface area contributed by atoms with E-state index >= 15 is 0 Å². The Kier molecular flexibility index (Phi) is 5.29. The Morgan fingerprint density at radius 1 is 1.16 bits per heavy atom. The van der Waals surface area contributed by atoms with E-state index in [1.807, 2.05) is 42.5 Å². The van der Waals surface area contributed by atoms with Crippen molar-refractivity contribution in [3.05, 3.63) is 60.7 Å². The number of hydrogen-bond donors (Lipinski definition) is 2. The van der Waals surface area contributed by atoms with Gasteiger partial charge >= 0.3 is 5.97 Å². The molecule has 0 aromatic heterocycles. The van der Waals surface area contributed by atoms with Gasteiger partial charge in [0.1, 0.15) is 0 Å². The molecule has 98 valence electrons. The number of benzene rings is 2. The van der Waals surface area contributed by atoms with E-state index in [1.165, 1.54) is 0 Å². The minimum Gasteiger partial charge on any atom is -0.478 e. The maximum absolute atomic E-state index is 10.8. The molecule has 4 heteroatoms. The number of carboxylic acids is 1. The molecule has 0 aliphatic carbocycles. The summed E-state index contributed by atoms with van der Waals surface area (Å²) < 4.78 is 0. The molecule has 2 aromatic carbocycles. The lowest BCUT2D eigenvalue weighted by Crippen LogP contribution is -2.13. The van der Waals surface area contributed by atoms with E-state index in [2.05, 4.69) is 6.58 Å². The molecule has 0 aliphatic rings. The van der Waals surface area contributed by atoms with E-state index in [0.717, 1.165) is 22.4 Å². The fourth-order valence-electron chi connectivity index (χ4n) is 1.63. The van der Waals surface area contributed by atoms with Crippen molar-refractivity contribution >= 4 is 22.6 Å². The number of carbonyl (C=O) groups is 2. The molecule has 0 heterocycles. The summed E-state index contributed by atoms with van der Waals surface area (Å²) in [6, 6.07) is 13.9. The van der Waals surface area contributed by atoms with E-state index in [0.29, 0.717) is 6.42 Å². The van der Waals surface area contributed by atoms with Crippen molar-refractivity contribution in [1.29, 1.82) is 0 Å². The highest BCUT2D eigenvalue weighted by atomic mass is 16.4. The summed E-state index contributed by atoms with van der Waals surface area (Å²) in [7, 11) is 0. The van der Waals surface area contributed by atoms with Crippen molar-refractivity contribution in [3.8, 4) is 0 Å². The van der Waals surface area contributed by atoms with Crippen LogP contribution in [0.2, 0.25) is 0 Å². The van der Waals surface area contributed by atoms with Crippen LogP contribution in [-0.4, -0.2) is 17.0 Å². The Hall–Kier alpha value is -2.62. The third kappa shape index (κ3) is 4.63. The SMILES string of the molecule is C=CC(=O)O.NC(=O)Cc1cccc2ccccc12. The molecule has 0 unspecified atom stereocenters. The Bertz CT molecular complexity index is 600. The first-order chi connectivity index (χ1) is 9.04. The summed E-state index contributed by atoms with van der Waals surface area (Å²) in [4.78, 5) is 20.1. The molecule has 3 N–H and O–H groups in total. The predicted molar refractivity (Wildman–Crippen MR) is 74.7 cm³/mol. The van der Waals surface area contributed by atoms with Crippen LogP contribution in [0.1, 0.15) is 5.56 Å². The van der Waals surface area contributed by atoms with Crippen LogP contribution in [0.4, 0.5) is 0 Å². The van der Waals surface area contributed by atoms with Gasteiger partial charge in [0.15, 0.2) is 0 Å². The van der Waals surface area contributed by atoms with Gasteiger partial charge in [-0.15, -0.1) is 0 Å².